The van der Waals surface area contributed by atoms with E-state index in [2.05, 4.69) is 0 Å². The summed E-state index contributed by atoms with van der Waals surface area (Å²) in [6, 6.07) is 20.3. The predicted molar refractivity (Wildman–Crippen MR) is 135 cm³/mol. The van der Waals surface area contributed by atoms with Crippen molar-refractivity contribution in [2.75, 3.05) is 14.2 Å². The van der Waals surface area contributed by atoms with Gasteiger partial charge in [0.1, 0.15) is 11.6 Å². The van der Waals surface area contributed by atoms with Crippen molar-refractivity contribution in [1.29, 1.82) is 0 Å². The lowest BCUT2D eigenvalue weighted by Crippen LogP contribution is -2.35. The number of rotatable bonds is 6. The van der Waals surface area contributed by atoms with E-state index < -0.39 is 6.04 Å². The van der Waals surface area contributed by atoms with Gasteiger partial charge in [0.25, 0.3) is 5.56 Å². The van der Waals surface area contributed by atoms with E-state index >= 15 is 0 Å². The molecule has 174 valence electrons. The van der Waals surface area contributed by atoms with E-state index in [1.807, 2.05) is 81.4 Å². The number of methoxy groups -OCH3 is 1. The van der Waals surface area contributed by atoms with Crippen LogP contribution in [0.25, 0.3) is 16.6 Å². The highest BCUT2D eigenvalue weighted by Gasteiger charge is 2.24. The molecule has 0 aliphatic rings. The average molecular weight is 456 g/mol. The Balaban J connectivity index is 1.76. The number of carbonyl (C=O) groups is 1. The van der Waals surface area contributed by atoms with Gasteiger partial charge in [0.15, 0.2) is 0 Å². The molecule has 0 fully saturated rings. The summed E-state index contributed by atoms with van der Waals surface area (Å²) < 4.78 is 6.83. The van der Waals surface area contributed by atoms with Crippen molar-refractivity contribution in [3.63, 3.8) is 0 Å². The summed E-state index contributed by atoms with van der Waals surface area (Å²) in [7, 11) is 3.36. The van der Waals surface area contributed by atoms with Gasteiger partial charge < -0.3 is 9.64 Å². The van der Waals surface area contributed by atoms with Gasteiger partial charge in [0, 0.05) is 7.05 Å². The SMILES string of the molecule is COc1ccc(CC(=O)N(C)C(C)c2nc3ccccc3c(=O)n2-c2ccc(C)c(C)c2)cc1. The van der Waals surface area contributed by atoms with Crippen molar-refractivity contribution in [2.24, 2.45) is 0 Å². The molecule has 3 aromatic carbocycles. The molecule has 4 aromatic rings. The molecular formula is C28H29N3O3. The van der Waals surface area contributed by atoms with Crippen molar-refractivity contribution in [2.45, 2.75) is 33.2 Å². The smallest absolute Gasteiger partial charge is 0.266 e. The maximum atomic E-state index is 13.6. The third kappa shape index (κ3) is 4.44. The Morgan fingerprint density at radius 2 is 1.74 bits per heavy atom. The van der Waals surface area contributed by atoms with Gasteiger partial charge in [-0.1, -0.05) is 30.3 Å². The van der Waals surface area contributed by atoms with Gasteiger partial charge in [0.05, 0.1) is 36.2 Å². The molecule has 0 radical (unpaired) electrons. The number of likely N-dealkylation sites (N-methyl/N-ethyl adjacent to an activating group) is 1. The molecular weight excluding hydrogens is 426 g/mol. The molecule has 4 rings (SSSR count). The lowest BCUT2D eigenvalue weighted by Gasteiger charge is -2.27. The predicted octanol–water partition coefficient (Wildman–Crippen LogP) is 4.77. The highest BCUT2D eigenvalue weighted by atomic mass is 16.5. The van der Waals surface area contributed by atoms with Crippen LogP contribution in [0.3, 0.4) is 0 Å². The van der Waals surface area contributed by atoms with Crippen molar-refractivity contribution in [3.05, 3.63) is 99.6 Å². The summed E-state index contributed by atoms with van der Waals surface area (Å²) in [5.41, 5.74) is 4.33. The quantitative estimate of drug-likeness (QED) is 0.420. The first kappa shape index (κ1) is 23.2. The molecule has 34 heavy (non-hydrogen) atoms. The molecule has 0 N–H and O–H groups in total. The van der Waals surface area contributed by atoms with Crippen LogP contribution in [0, 0.1) is 13.8 Å². The Kier molecular flexibility index (Phi) is 6.50. The fraction of sp³-hybridized carbons (Fsp3) is 0.250. The monoisotopic (exact) mass is 455 g/mol. The highest BCUT2D eigenvalue weighted by molar-refractivity contribution is 5.80. The first-order valence-corrected chi connectivity index (χ1v) is 11.3. The van der Waals surface area contributed by atoms with E-state index in [-0.39, 0.29) is 17.9 Å². The Morgan fingerprint density at radius 1 is 1.03 bits per heavy atom. The molecule has 1 amide bonds. The van der Waals surface area contributed by atoms with Gasteiger partial charge in [0.2, 0.25) is 5.91 Å². The molecule has 0 saturated carbocycles. The van der Waals surface area contributed by atoms with E-state index in [0.717, 1.165) is 28.1 Å². The summed E-state index contributed by atoms with van der Waals surface area (Å²) in [6.45, 7) is 5.96. The summed E-state index contributed by atoms with van der Waals surface area (Å²) in [4.78, 5) is 33.3. The number of hydrogen-bond donors (Lipinski definition) is 0. The first-order chi connectivity index (χ1) is 16.3. The van der Waals surface area contributed by atoms with Crippen LogP contribution in [-0.2, 0) is 11.2 Å². The van der Waals surface area contributed by atoms with E-state index in [1.165, 1.54) is 0 Å². The number of nitrogens with zero attached hydrogens (tertiary/aromatic N) is 3. The largest absolute Gasteiger partial charge is 0.497 e. The van der Waals surface area contributed by atoms with Crippen LogP contribution in [0.5, 0.6) is 5.75 Å². The third-order valence-electron chi connectivity index (χ3n) is 6.41. The number of fused-ring (bicyclic) bond motifs is 1. The van der Waals surface area contributed by atoms with E-state index in [4.69, 9.17) is 9.72 Å². The van der Waals surface area contributed by atoms with Crippen LogP contribution < -0.4 is 10.3 Å². The van der Waals surface area contributed by atoms with Gasteiger partial charge in [-0.25, -0.2) is 4.98 Å². The molecule has 0 bridgehead atoms. The minimum atomic E-state index is -0.426. The Morgan fingerprint density at radius 3 is 2.41 bits per heavy atom. The maximum absolute atomic E-state index is 13.6. The number of aryl methyl sites for hydroxylation is 2. The second kappa shape index (κ2) is 9.51. The van der Waals surface area contributed by atoms with E-state index in [9.17, 15) is 9.59 Å². The Bertz CT molecular complexity index is 1410. The highest BCUT2D eigenvalue weighted by Crippen LogP contribution is 2.24. The minimum Gasteiger partial charge on any atom is -0.497 e. The molecule has 0 saturated heterocycles. The molecule has 6 nitrogen and oxygen atoms in total. The van der Waals surface area contributed by atoms with Crippen molar-refractivity contribution < 1.29 is 9.53 Å². The molecule has 6 heteroatoms. The standard InChI is InChI=1S/C28H29N3O3/c1-18-10-13-22(16-19(18)2)31-27(29-25-9-7-6-8-24(25)28(31)33)20(3)30(4)26(32)17-21-11-14-23(34-5)15-12-21/h6-16,20H,17H2,1-5H3. The number of carbonyl (C=O) groups excluding carboxylic acids is 1. The van der Waals surface area contributed by atoms with E-state index in [0.29, 0.717) is 16.7 Å². The number of aromatic nitrogens is 2. The molecule has 1 heterocycles. The average Bonchev–Trinajstić information content (AvgIpc) is 2.85. The van der Waals surface area contributed by atoms with Crippen LogP contribution in [0.1, 0.15) is 35.5 Å². The number of benzene rings is 3. The zero-order valence-electron chi connectivity index (χ0n) is 20.2. The third-order valence-corrected chi connectivity index (χ3v) is 6.41. The molecule has 1 atom stereocenters. The second-order valence-corrected chi connectivity index (χ2v) is 8.60. The number of hydrogen-bond acceptors (Lipinski definition) is 4. The topological polar surface area (TPSA) is 64.4 Å². The summed E-state index contributed by atoms with van der Waals surface area (Å²) in [6.07, 6.45) is 0.242. The summed E-state index contributed by atoms with van der Waals surface area (Å²) in [5, 5.41) is 0.545. The van der Waals surface area contributed by atoms with Crippen LogP contribution in [0.15, 0.2) is 71.5 Å². The van der Waals surface area contributed by atoms with Crippen molar-refractivity contribution >= 4 is 16.8 Å². The van der Waals surface area contributed by atoms with Gasteiger partial charge in [-0.15, -0.1) is 0 Å². The molecule has 1 aromatic heterocycles. The lowest BCUT2D eigenvalue weighted by atomic mass is 10.1. The zero-order valence-corrected chi connectivity index (χ0v) is 20.2. The van der Waals surface area contributed by atoms with Crippen molar-refractivity contribution in [3.8, 4) is 11.4 Å². The fourth-order valence-corrected chi connectivity index (χ4v) is 3.98. The summed E-state index contributed by atoms with van der Waals surface area (Å²) in [5.74, 6) is 1.21. The Hall–Kier alpha value is -3.93. The number of ether oxygens (including phenoxy) is 1. The number of para-hydroxylation sites is 1. The van der Waals surface area contributed by atoms with Crippen LogP contribution >= 0.6 is 0 Å². The van der Waals surface area contributed by atoms with Gasteiger partial charge >= 0.3 is 0 Å². The molecule has 0 spiro atoms. The zero-order chi connectivity index (χ0) is 24.4. The Labute approximate surface area is 199 Å². The fourth-order valence-electron chi connectivity index (χ4n) is 3.98. The van der Waals surface area contributed by atoms with E-state index in [1.54, 1.807) is 29.7 Å². The van der Waals surface area contributed by atoms with Gasteiger partial charge in [-0.2, -0.15) is 0 Å². The van der Waals surface area contributed by atoms with Gasteiger partial charge in [-0.3, -0.25) is 14.2 Å². The van der Waals surface area contributed by atoms with Crippen molar-refractivity contribution in [1.82, 2.24) is 14.5 Å². The second-order valence-electron chi connectivity index (χ2n) is 8.60. The minimum absolute atomic E-state index is 0.0632. The lowest BCUT2D eigenvalue weighted by molar-refractivity contribution is -0.131. The molecule has 0 aliphatic carbocycles. The number of amides is 1. The van der Waals surface area contributed by atoms with Crippen LogP contribution in [-0.4, -0.2) is 34.5 Å². The molecule has 0 aliphatic heterocycles. The van der Waals surface area contributed by atoms with Gasteiger partial charge in [-0.05, 0) is 73.9 Å². The summed E-state index contributed by atoms with van der Waals surface area (Å²) >= 11 is 0. The maximum Gasteiger partial charge on any atom is 0.266 e. The van der Waals surface area contributed by atoms with Crippen LogP contribution in [0.4, 0.5) is 0 Å². The first-order valence-electron chi connectivity index (χ1n) is 11.3. The molecule has 1 unspecified atom stereocenters. The normalized spacial score (nSPS) is 11.9. The van der Waals surface area contributed by atoms with Crippen LogP contribution in [0.2, 0.25) is 0 Å².